The largest absolute Gasteiger partial charge is 0.399 e. The van der Waals surface area contributed by atoms with Gasteiger partial charge in [-0.3, -0.25) is 0 Å². The second kappa shape index (κ2) is 6.47. The third-order valence-corrected chi connectivity index (χ3v) is 5.86. The maximum absolute atomic E-state index is 6.21. The van der Waals surface area contributed by atoms with Crippen LogP contribution >= 0.6 is 35.0 Å². The lowest BCUT2D eigenvalue weighted by Crippen LogP contribution is -2.35. The van der Waals surface area contributed by atoms with Crippen LogP contribution in [0.3, 0.4) is 0 Å². The summed E-state index contributed by atoms with van der Waals surface area (Å²) in [5, 5.41) is 4.62. The highest BCUT2D eigenvalue weighted by atomic mass is 35.5. The van der Waals surface area contributed by atoms with Crippen LogP contribution in [-0.4, -0.2) is 17.5 Å². The van der Waals surface area contributed by atoms with Crippen molar-refractivity contribution in [1.29, 1.82) is 0 Å². The van der Waals surface area contributed by atoms with Gasteiger partial charge in [0, 0.05) is 17.0 Å². The molecule has 0 bridgehead atoms. The Bertz CT molecular complexity index is 422. The predicted molar refractivity (Wildman–Crippen MR) is 88.7 cm³/mol. The van der Waals surface area contributed by atoms with Crippen molar-refractivity contribution in [2.45, 2.75) is 36.9 Å². The molecule has 0 unspecified atom stereocenters. The van der Waals surface area contributed by atoms with Crippen LogP contribution in [0.5, 0.6) is 0 Å². The van der Waals surface area contributed by atoms with Gasteiger partial charge in [0.05, 0.1) is 15.7 Å². The molecule has 1 aliphatic rings. The van der Waals surface area contributed by atoms with Gasteiger partial charge in [0.2, 0.25) is 0 Å². The van der Waals surface area contributed by atoms with Gasteiger partial charge in [-0.05, 0) is 31.2 Å². The van der Waals surface area contributed by atoms with E-state index < -0.39 is 0 Å². The lowest BCUT2D eigenvalue weighted by atomic mass is 9.88. The van der Waals surface area contributed by atoms with E-state index in [9.17, 15) is 0 Å². The van der Waals surface area contributed by atoms with Crippen LogP contribution in [0.25, 0.3) is 0 Å². The Morgan fingerprint density at radius 2 is 1.79 bits per heavy atom. The summed E-state index contributed by atoms with van der Waals surface area (Å²) < 4.78 is 0.312. The Hall–Kier alpha value is -0.250. The number of nitrogens with two attached hydrogens (primary N) is 1. The lowest BCUT2D eigenvalue weighted by molar-refractivity contribution is 0.411. The summed E-state index contributed by atoms with van der Waals surface area (Å²) >= 11 is 14.4. The zero-order valence-electron chi connectivity index (χ0n) is 11.1. The van der Waals surface area contributed by atoms with E-state index >= 15 is 0 Å². The quantitative estimate of drug-likeness (QED) is 0.762. The molecule has 0 aromatic heterocycles. The Labute approximate surface area is 129 Å². The van der Waals surface area contributed by atoms with E-state index in [0.717, 1.165) is 12.2 Å². The first-order chi connectivity index (χ1) is 9.06. The van der Waals surface area contributed by atoms with Crippen molar-refractivity contribution in [2.75, 3.05) is 23.9 Å². The van der Waals surface area contributed by atoms with Crippen molar-refractivity contribution in [3.8, 4) is 0 Å². The molecule has 0 radical (unpaired) electrons. The van der Waals surface area contributed by atoms with Gasteiger partial charge in [-0.25, -0.2) is 0 Å². The van der Waals surface area contributed by atoms with E-state index in [4.69, 9.17) is 28.9 Å². The highest BCUT2D eigenvalue weighted by Crippen LogP contribution is 2.40. The number of hydrogen-bond donors (Lipinski definition) is 2. The summed E-state index contributed by atoms with van der Waals surface area (Å²) in [6.45, 7) is 0.900. The summed E-state index contributed by atoms with van der Waals surface area (Å²) in [7, 11) is 0. The predicted octanol–water partition coefficient (Wildman–Crippen LogP) is 5.05. The lowest BCUT2D eigenvalue weighted by Gasteiger charge is -2.36. The van der Waals surface area contributed by atoms with E-state index in [1.54, 1.807) is 12.1 Å². The average molecular weight is 319 g/mol. The molecule has 5 heteroatoms. The van der Waals surface area contributed by atoms with Gasteiger partial charge in [0.15, 0.2) is 0 Å². The van der Waals surface area contributed by atoms with Crippen LogP contribution in [0, 0.1) is 0 Å². The fourth-order valence-corrected chi connectivity index (χ4v) is 4.21. The number of nitrogen functional groups attached to an aromatic ring is 1. The van der Waals surface area contributed by atoms with Crippen LogP contribution in [0.4, 0.5) is 11.4 Å². The standard InChI is InChI=1S/C14H20Cl2N2S/c1-19-14(5-3-2-4-6-14)9-18-13-11(15)7-10(17)8-12(13)16/h7-8,18H,2-6,9,17H2,1H3. The normalized spacial score (nSPS) is 18.3. The Morgan fingerprint density at radius 1 is 1.21 bits per heavy atom. The molecule has 0 heterocycles. The zero-order chi connectivity index (χ0) is 13.9. The minimum absolute atomic E-state index is 0.312. The number of anilines is 2. The Morgan fingerprint density at radius 3 is 2.32 bits per heavy atom. The molecule has 0 amide bonds. The summed E-state index contributed by atoms with van der Waals surface area (Å²) in [6.07, 6.45) is 8.68. The van der Waals surface area contributed by atoms with Gasteiger partial charge in [0.25, 0.3) is 0 Å². The van der Waals surface area contributed by atoms with Crippen LogP contribution < -0.4 is 11.1 Å². The maximum Gasteiger partial charge on any atom is 0.0720 e. The van der Waals surface area contributed by atoms with Gasteiger partial charge in [-0.15, -0.1) is 0 Å². The summed E-state index contributed by atoms with van der Waals surface area (Å²) in [6, 6.07) is 3.48. The van der Waals surface area contributed by atoms with Crippen molar-refractivity contribution in [3.63, 3.8) is 0 Å². The molecule has 1 aliphatic carbocycles. The zero-order valence-corrected chi connectivity index (χ0v) is 13.5. The van der Waals surface area contributed by atoms with Crippen LogP contribution in [-0.2, 0) is 0 Å². The smallest absolute Gasteiger partial charge is 0.0720 e. The van der Waals surface area contributed by atoms with Crippen LogP contribution in [0.2, 0.25) is 10.0 Å². The van der Waals surface area contributed by atoms with E-state index in [1.165, 1.54) is 32.1 Å². The topological polar surface area (TPSA) is 38.0 Å². The second-order valence-corrected chi connectivity index (χ2v) is 7.25. The van der Waals surface area contributed by atoms with Crippen molar-refractivity contribution in [2.24, 2.45) is 0 Å². The minimum atomic E-state index is 0.312. The highest BCUT2D eigenvalue weighted by molar-refractivity contribution is 8.00. The molecule has 1 aromatic rings. The number of thioether (sulfide) groups is 1. The van der Waals surface area contributed by atoms with Gasteiger partial charge >= 0.3 is 0 Å². The van der Waals surface area contributed by atoms with Crippen molar-refractivity contribution in [1.82, 2.24) is 0 Å². The molecule has 0 aliphatic heterocycles. The van der Waals surface area contributed by atoms with E-state index in [1.807, 2.05) is 11.8 Å². The number of halogens is 2. The number of benzene rings is 1. The molecular formula is C14H20Cl2N2S. The van der Waals surface area contributed by atoms with Gasteiger partial charge in [-0.2, -0.15) is 11.8 Å². The number of rotatable bonds is 4. The molecule has 1 aromatic carbocycles. The molecule has 19 heavy (non-hydrogen) atoms. The molecule has 0 saturated heterocycles. The van der Waals surface area contributed by atoms with Crippen molar-refractivity contribution < 1.29 is 0 Å². The first-order valence-corrected chi connectivity index (χ1v) is 8.58. The van der Waals surface area contributed by atoms with Crippen molar-refractivity contribution >= 4 is 46.3 Å². The molecule has 1 fully saturated rings. The molecule has 106 valence electrons. The Kier molecular flexibility index (Phi) is 5.15. The number of nitrogens with one attached hydrogen (secondary N) is 1. The third-order valence-electron chi connectivity index (χ3n) is 3.85. The summed E-state index contributed by atoms with van der Waals surface area (Å²) in [4.78, 5) is 0. The van der Waals surface area contributed by atoms with Crippen LogP contribution in [0.15, 0.2) is 12.1 Å². The third kappa shape index (κ3) is 3.65. The highest BCUT2D eigenvalue weighted by Gasteiger charge is 2.31. The van der Waals surface area contributed by atoms with Gasteiger partial charge in [0.1, 0.15) is 0 Å². The SMILES string of the molecule is CSC1(CNc2c(Cl)cc(N)cc2Cl)CCCCC1. The van der Waals surface area contributed by atoms with Crippen LogP contribution in [0.1, 0.15) is 32.1 Å². The fourth-order valence-electron chi connectivity index (χ4n) is 2.66. The molecule has 2 rings (SSSR count). The van der Waals surface area contributed by atoms with E-state index in [2.05, 4.69) is 11.6 Å². The van der Waals surface area contributed by atoms with Gasteiger partial charge < -0.3 is 11.1 Å². The van der Waals surface area contributed by atoms with Crippen molar-refractivity contribution in [3.05, 3.63) is 22.2 Å². The summed E-state index contributed by atoms with van der Waals surface area (Å²) in [5.41, 5.74) is 7.12. The molecular weight excluding hydrogens is 299 g/mol. The maximum atomic E-state index is 6.21. The first kappa shape index (κ1) is 15.1. The van der Waals surface area contributed by atoms with E-state index in [-0.39, 0.29) is 0 Å². The fraction of sp³-hybridized carbons (Fsp3) is 0.571. The Balaban J connectivity index is 2.09. The minimum Gasteiger partial charge on any atom is -0.399 e. The molecule has 0 spiro atoms. The first-order valence-electron chi connectivity index (χ1n) is 6.60. The molecule has 1 saturated carbocycles. The monoisotopic (exact) mass is 318 g/mol. The van der Waals surface area contributed by atoms with Gasteiger partial charge in [-0.1, -0.05) is 42.5 Å². The molecule has 0 atom stereocenters. The molecule has 2 nitrogen and oxygen atoms in total. The second-order valence-electron chi connectivity index (χ2n) is 5.16. The summed E-state index contributed by atoms with van der Waals surface area (Å²) in [5.74, 6) is 0. The average Bonchev–Trinajstić information content (AvgIpc) is 2.38. The molecule has 3 N–H and O–H groups in total. The number of hydrogen-bond acceptors (Lipinski definition) is 3. The van der Waals surface area contributed by atoms with E-state index in [0.29, 0.717) is 20.5 Å².